The molecule has 0 aliphatic carbocycles. The summed E-state index contributed by atoms with van der Waals surface area (Å²) in [6, 6.07) is 4.79. The summed E-state index contributed by atoms with van der Waals surface area (Å²) < 4.78 is 49.2. The predicted molar refractivity (Wildman–Crippen MR) is 82.9 cm³/mol. The second-order valence-corrected chi connectivity index (χ2v) is 8.11. The molecule has 21 heavy (non-hydrogen) atoms. The fourth-order valence-corrected chi connectivity index (χ4v) is 3.39. The molecular formula is C13H14ClNO4S2. The van der Waals surface area contributed by atoms with E-state index in [4.69, 9.17) is 10.7 Å². The molecule has 0 unspecified atom stereocenters. The molecule has 0 atom stereocenters. The van der Waals surface area contributed by atoms with E-state index in [1.807, 2.05) is 0 Å². The smallest absolute Gasteiger partial charge is 0.261 e. The lowest BCUT2D eigenvalue weighted by atomic mass is 10.4. The summed E-state index contributed by atoms with van der Waals surface area (Å²) >= 11 is 0. The molecule has 1 aromatic rings. The fraction of sp³-hybridized carbons (Fsp3) is 0.0769. The standard InChI is InChI=1S/C13H14ClNO4S2/c1-3-5-7-11(4-2)15-21(18,19)13-9-6-8-12(10-13)20(14,16)17/h3-10,15H,1H2,2H3/b7-5-,11-4+. The van der Waals surface area contributed by atoms with Crippen molar-refractivity contribution in [3.05, 3.63) is 60.8 Å². The molecule has 0 radical (unpaired) electrons. The van der Waals surface area contributed by atoms with Crippen LogP contribution in [-0.2, 0) is 19.1 Å². The number of halogens is 1. The Morgan fingerprint density at radius 1 is 1.24 bits per heavy atom. The topological polar surface area (TPSA) is 80.3 Å². The molecule has 0 aliphatic rings. The first-order valence-corrected chi connectivity index (χ1v) is 9.53. The minimum atomic E-state index is -4.00. The molecule has 0 aliphatic heterocycles. The van der Waals surface area contributed by atoms with Gasteiger partial charge in [-0.3, -0.25) is 4.72 Å². The molecule has 0 amide bonds. The maximum absolute atomic E-state index is 12.2. The SMILES string of the molecule is C=C/C=C\C(=C/C)NS(=O)(=O)c1cccc(S(=O)(=O)Cl)c1. The average Bonchev–Trinajstić information content (AvgIpc) is 2.42. The van der Waals surface area contributed by atoms with E-state index in [0.717, 1.165) is 6.07 Å². The molecule has 8 heteroatoms. The van der Waals surface area contributed by atoms with Crippen LogP contribution >= 0.6 is 10.7 Å². The van der Waals surface area contributed by atoms with Gasteiger partial charge in [0.25, 0.3) is 19.1 Å². The lowest BCUT2D eigenvalue weighted by molar-refractivity contribution is 0.589. The number of sulfonamides is 1. The lowest BCUT2D eigenvalue weighted by Crippen LogP contribution is -2.22. The minimum absolute atomic E-state index is 0.199. The number of benzene rings is 1. The third-order valence-corrected chi connectivity index (χ3v) is 5.10. The molecule has 1 N–H and O–H groups in total. The first-order chi connectivity index (χ1) is 9.70. The van der Waals surface area contributed by atoms with Crippen LogP contribution in [0.15, 0.2) is 70.6 Å². The van der Waals surface area contributed by atoms with Gasteiger partial charge in [-0.15, -0.1) is 0 Å². The molecule has 0 saturated carbocycles. The first-order valence-electron chi connectivity index (χ1n) is 5.73. The van der Waals surface area contributed by atoms with Crippen LogP contribution in [0.4, 0.5) is 0 Å². The Kier molecular flexibility index (Phi) is 5.77. The molecule has 0 bridgehead atoms. The summed E-state index contributed by atoms with van der Waals surface area (Å²) in [5, 5.41) is 0. The van der Waals surface area contributed by atoms with Gasteiger partial charge < -0.3 is 0 Å². The predicted octanol–water partition coefficient (Wildman–Crippen LogP) is 2.54. The van der Waals surface area contributed by atoms with Crippen LogP contribution in [-0.4, -0.2) is 16.8 Å². The Hall–Kier alpha value is -1.57. The third kappa shape index (κ3) is 5.04. The van der Waals surface area contributed by atoms with Crippen LogP contribution in [0, 0.1) is 0 Å². The highest BCUT2D eigenvalue weighted by Gasteiger charge is 2.18. The number of hydrogen-bond acceptors (Lipinski definition) is 4. The lowest BCUT2D eigenvalue weighted by Gasteiger charge is -2.09. The van der Waals surface area contributed by atoms with Crippen molar-refractivity contribution in [2.24, 2.45) is 0 Å². The van der Waals surface area contributed by atoms with Crippen molar-refractivity contribution < 1.29 is 16.8 Å². The van der Waals surface area contributed by atoms with Crippen LogP contribution in [0.25, 0.3) is 0 Å². The van der Waals surface area contributed by atoms with E-state index >= 15 is 0 Å². The van der Waals surface area contributed by atoms with Gasteiger partial charge in [-0.05, 0) is 31.2 Å². The van der Waals surface area contributed by atoms with E-state index in [1.54, 1.807) is 19.1 Å². The van der Waals surface area contributed by atoms with Gasteiger partial charge in [-0.2, -0.15) is 0 Å². The maximum Gasteiger partial charge on any atom is 0.261 e. The van der Waals surface area contributed by atoms with Crippen molar-refractivity contribution in [1.29, 1.82) is 0 Å². The van der Waals surface area contributed by atoms with Gasteiger partial charge in [0.05, 0.1) is 9.79 Å². The molecular weight excluding hydrogens is 334 g/mol. The van der Waals surface area contributed by atoms with E-state index in [-0.39, 0.29) is 9.79 Å². The second kappa shape index (κ2) is 6.93. The van der Waals surface area contributed by atoms with Gasteiger partial charge in [0, 0.05) is 16.4 Å². The zero-order valence-electron chi connectivity index (χ0n) is 11.2. The molecule has 1 rings (SSSR count). The molecule has 1 aromatic carbocycles. The third-order valence-electron chi connectivity index (χ3n) is 2.37. The van der Waals surface area contributed by atoms with Gasteiger partial charge in [0.15, 0.2) is 0 Å². The highest BCUT2D eigenvalue weighted by molar-refractivity contribution is 8.13. The molecule has 0 aromatic heterocycles. The van der Waals surface area contributed by atoms with E-state index in [9.17, 15) is 16.8 Å². The highest BCUT2D eigenvalue weighted by Crippen LogP contribution is 2.19. The van der Waals surface area contributed by atoms with E-state index in [2.05, 4.69) is 11.3 Å². The molecule has 0 heterocycles. The van der Waals surface area contributed by atoms with Crippen molar-refractivity contribution in [3.8, 4) is 0 Å². The van der Waals surface area contributed by atoms with Crippen molar-refractivity contribution in [2.75, 3.05) is 0 Å². The Morgan fingerprint density at radius 3 is 2.38 bits per heavy atom. The van der Waals surface area contributed by atoms with Crippen LogP contribution in [0.3, 0.4) is 0 Å². The Bertz CT molecular complexity index is 793. The van der Waals surface area contributed by atoms with E-state index in [0.29, 0.717) is 5.70 Å². The van der Waals surface area contributed by atoms with Crippen molar-refractivity contribution in [1.82, 2.24) is 4.72 Å². The van der Waals surface area contributed by atoms with Crippen molar-refractivity contribution in [2.45, 2.75) is 16.7 Å². The fourth-order valence-electron chi connectivity index (χ4n) is 1.37. The van der Waals surface area contributed by atoms with Gasteiger partial charge in [0.2, 0.25) is 0 Å². The Morgan fingerprint density at radius 2 is 1.86 bits per heavy atom. The quantitative estimate of drug-likeness (QED) is 0.633. The van der Waals surface area contributed by atoms with Crippen molar-refractivity contribution in [3.63, 3.8) is 0 Å². The Balaban J connectivity index is 3.20. The Labute approximate surface area is 129 Å². The van der Waals surface area contributed by atoms with E-state index < -0.39 is 19.1 Å². The van der Waals surface area contributed by atoms with E-state index in [1.165, 1.54) is 30.4 Å². The first kappa shape index (κ1) is 17.5. The van der Waals surface area contributed by atoms with Crippen molar-refractivity contribution >= 4 is 29.8 Å². The number of nitrogens with one attached hydrogen (secondary N) is 1. The van der Waals surface area contributed by atoms with Gasteiger partial charge in [-0.25, -0.2) is 16.8 Å². The molecule has 0 fully saturated rings. The number of rotatable bonds is 6. The monoisotopic (exact) mass is 347 g/mol. The van der Waals surface area contributed by atoms with Crippen LogP contribution < -0.4 is 4.72 Å². The summed E-state index contributed by atoms with van der Waals surface area (Å²) in [6.07, 6.45) is 6.14. The molecule has 0 saturated heterocycles. The van der Waals surface area contributed by atoms with Crippen LogP contribution in [0.1, 0.15) is 6.92 Å². The highest BCUT2D eigenvalue weighted by atomic mass is 35.7. The summed E-state index contributed by atoms with van der Waals surface area (Å²) in [6.45, 7) is 5.15. The largest absolute Gasteiger partial charge is 0.280 e. The summed E-state index contributed by atoms with van der Waals surface area (Å²) in [4.78, 5) is -0.480. The average molecular weight is 348 g/mol. The van der Waals surface area contributed by atoms with Gasteiger partial charge in [0.1, 0.15) is 0 Å². The number of allylic oxidation sites excluding steroid dienone is 4. The van der Waals surface area contributed by atoms with Crippen LogP contribution in [0.5, 0.6) is 0 Å². The minimum Gasteiger partial charge on any atom is -0.280 e. The maximum atomic E-state index is 12.2. The van der Waals surface area contributed by atoms with Gasteiger partial charge in [-0.1, -0.05) is 30.9 Å². The normalized spacial score (nSPS) is 13.3. The second-order valence-electron chi connectivity index (χ2n) is 3.86. The van der Waals surface area contributed by atoms with Gasteiger partial charge >= 0.3 is 0 Å². The molecule has 114 valence electrons. The summed E-state index contributed by atoms with van der Waals surface area (Å²) in [7, 11) is -2.70. The molecule has 5 nitrogen and oxygen atoms in total. The summed E-state index contributed by atoms with van der Waals surface area (Å²) in [5.41, 5.74) is 0.328. The zero-order valence-corrected chi connectivity index (χ0v) is 13.5. The number of hydrogen-bond donors (Lipinski definition) is 1. The zero-order chi connectivity index (χ0) is 16.1. The summed E-state index contributed by atoms with van der Waals surface area (Å²) in [5.74, 6) is 0. The van der Waals surface area contributed by atoms with Crippen LogP contribution in [0.2, 0.25) is 0 Å². The molecule has 0 spiro atoms.